The van der Waals surface area contributed by atoms with Crippen molar-refractivity contribution in [3.05, 3.63) is 35.4 Å². The van der Waals surface area contributed by atoms with Crippen LogP contribution >= 0.6 is 11.6 Å². The molecule has 1 amide bonds. The Bertz CT molecular complexity index is 643. The monoisotopic (exact) mass is 359 g/mol. The highest BCUT2D eigenvalue weighted by atomic mass is 35.5. The average Bonchev–Trinajstić information content (AvgIpc) is 2.53. The summed E-state index contributed by atoms with van der Waals surface area (Å²) in [7, 11) is -3.46. The van der Waals surface area contributed by atoms with Crippen LogP contribution in [0.25, 0.3) is 0 Å². The number of hydrogen-bond donors (Lipinski definition) is 1. The van der Waals surface area contributed by atoms with E-state index < -0.39 is 10.0 Å². The molecule has 0 saturated carbocycles. The number of carbonyl (C=O) groups is 1. The Balaban J connectivity index is 1.95. The molecule has 1 fully saturated rings. The van der Waals surface area contributed by atoms with Crippen molar-refractivity contribution in [2.45, 2.75) is 13.0 Å². The third-order valence-corrected chi connectivity index (χ3v) is 5.01. The molecule has 1 aliphatic heterocycles. The van der Waals surface area contributed by atoms with Gasteiger partial charge in [0.2, 0.25) is 15.9 Å². The Morgan fingerprint density at radius 2 is 1.74 bits per heavy atom. The Labute approximate surface area is 142 Å². The molecule has 1 aromatic carbocycles. The predicted molar refractivity (Wildman–Crippen MR) is 90.7 cm³/mol. The molecule has 2 N–H and O–H groups in total. The van der Waals surface area contributed by atoms with Crippen LogP contribution in [0.3, 0.4) is 0 Å². The summed E-state index contributed by atoms with van der Waals surface area (Å²) in [5.41, 5.74) is 2.11. The van der Waals surface area contributed by atoms with Crippen molar-refractivity contribution in [1.82, 2.24) is 9.80 Å². The molecule has 0 atom stereocenters. The zero-order chi connectivity index (χ0) is 16.9. The van der Waals surface area contributed by atoms with Gasteiger partial charge in [0.15, 0.2) is 0 Å². The van der Waals surface area contributed by atoms with E-state index in [4.69, 9.17) is 16.7 Å². The number of halogens is 1. The van der Waals surface area contributed by atoms with Gasteiger partial charge in [0.25, 0.3) is 0 Å². The maximum Gasteiger partial charge on any atom is 0.237 e. The Morgan fingerprint density at radius 3 is 2.30 bits per heavy atom. The normalized spacial score (nSPS) is 16.5. The van der Waals surface area contributed by atoms with Gasteiger partial charge >= 0.3 is 0 Å². The van der Waals surface area contributed by atoms with Crippen molar-refractivity contribution in [3.63, 3.8) is 0 Å². The number of alkyl halides is 1. The minimum Gasteiger partial charge on any atom is -0.339 e. The van der Waals surface area contributed by atoms with E-state index in [1.165, 1.54) is 0 Å². The SMILES string of the molecule is NS(=O)(=O)CCc1ccccc1CN1CCN(C(=O)CCl)CC1. The molecule has 0 bridgehead atoms. The maximum absolute atomic E-state index is 11.6. The first kappa shape index (κ1) is 18.2. The van der Waals surface area contributed by atoms with Crippen LogP contribution in [0.15, 0.2) is 24.3 Å². The molecule has 1 heterocycles. The van der Waals surface area contributed by atoms with Gasteiger partial charge in [0.05, 0.1) is 5.75 Å². The van der Waals surface area contributed by atoms with Gasteiger partial charge < -0.3 is 4.90 Å². The van der Waals surface area contributed by atoms with Gasteiger partial charge in [-0.25, -0.2) is 13.6 Å². The predicted octanol–water partition coefficient (Wildman–Crippen LogP) is 0.401. The molecule has 6 nitrogen and oxygen atoms in total. The van der Waals surface area contributed by atoms with E-state index >= 15 is 0 Å². The lowest BCUT2D eigenvalue weighted by Crippen LogP contribution is -2.48. The van der Waals surface area contributed by atoms with E-state index in [-0.39, 0.29) is 17.5 Å². The van der Waals surface area contributed by atoms with E-state index in [0.29, 0.717) is 19.5 Å². The second kappa shape index (κ2) is 8.10. The summed E-state index contributed by atoms with van der Waals surface area (Å²) in [5, 5.41) is 5.09. The number of sulfonamides is 1. The van der Waals surface area contributed by atoms with Crippen LogP contribution in [0.5, 0.6) is 0 Å². The number of piperazine rings is 1. The summed E-state index contributed by atoms with van der Waals surface area (Å²) in [6.45, 7) is 3.65. The highest BCUT2D eigenvalue weighted by molar-refractivity contribution is 7.89. The van der Waals surface area contributed by atoms with Crippen LogP contribution in [0, 0.1) is 0 Å². The van der Waals surface area contributed by atoms with Crippen molar-refractivity contribution in [3.8, 4) is 0 Å². The van der Waals surface area contributed by atoms with Crippen molar-refractivity contribution >= 4 is 27.5 Å². The zero-order valence-corrected chi connectivity index (χ0v) is 14.5. The maximum atomic E-state index is 11.6. The van der Waals surface area contributed by atoms with Crippen molar-refractivity contribution in [2.24, 2.45) is 5.14 Å². The molecule has 0 unspecified atom stereocenters. The number of benzene rings is 1. The highest BCUT2D eigenvalue weighted by Gasteiger charge is 2.21. The van der Waals surface area contributed by atoms with Gasteiger partial charge in [-0.3, -0.25) is 9.69 Å². The lowest BCUT2D eigenvalue weighted by Gasteiger charge is -2.34. The molecule has 1 saturated heterocycles. The van der Waals surface area contributed by atoms with Gasteiger partial charge in [-0.15, -0.1) is 11.6 Å². The van der Waals surface area contributed by atoms with Crippen molar-refractivity contribution in [2.75, 3.05) is 37.8 Å². The van der Waals surface area contributed by atoms with Gasteiger partial charge in [-0.2, -0.15) is 0 Å². The summed E-state index contributed by atoms with van der Waals surface area (Å²) in [6.07, 6.45) is 0.416. The fourth-order valence-corrected chi connectivity index (χ4v) is 3.36. The van der Waals surface area contributed by atoms with Gasteiger partial charge in [0, 0.05) is 32.7 Å². The smallest absolute Gasteiger partial charge is 0.237 e. The van der Waals surface area contributed by atoms with Crippen LogP contribution in [0.1, 0.15) is 11.1 Å². The molecule has 1 aliphatic rings. The van der Waals surface area contributed by atoms with E-state index in [9.17, 15) is 13.2 Å². The summed E-state index contributed by atoms with van der Waals surface area (Å²) in [4.78, 5) is 15.6. The first-order chi connectivity index (χ1) is 10.9. The van der Waals surface area contributed by atoms with Crippen molar-refractivity contribution < 1.29 is 13.2 Å². The third kappa shape index (κ3) is 5.76. The number of rotatable bonds is 6. The summed E-state index contributed by atoms with van der Waals surface area (Å²) >= 11 is 5.58. The minimum atomic E-state index is -3.46. The zero-order valence-electron chi connectivity index (χ0n) is 12.9. The first-order valence-electron chi connectivity index (χ1n) is 7.52. The Morgan fingerprint density at radius 1 is 1.13 bits per heavy atom. The van der Waals surface area contributed by atoms with Crippen molar-refractivity contribution in [1.29, 1.82) is 0 Å². The lowest BCUT2D eigenvalue weighted by atomic mass is 10.0. The number of primary sulfonamides is 1. The fourth-order valence-electron chi connectivity index (χ4n) is 2.69. The average molecular weight is 360 g/mol. The number of nitrogens with two attached hydrogens (primary N) is 1. The van der Waals surface area contributed by atoms with Crippen LogP contribution in [0.2, 0.25) is 0 Å². The van der Waals surface area contributed by atoms with E-state index in [1.54, 1.807) is 4.90 Å². The van der Waals surface area contributed by atoms with Crippen LogP contribution in [-0.4, -0.2) is 61.9 Å². The number of aryl methyl sites for hydroxylation is 1. The number of amides is 1. The second-order valence-electron chi connectivity index (χ2n) is 5.68. The fraction of sp³-hybridized carbons (Fsp3) is 0.533. The summed E-state index contributed by atoms with van der Waals surface area (Å²) in [6, 6.07) is 7.80. The second-order valence-corrected chi connectivity index (χ2v) is 7.68. The van der Waals surface area contributed by atoms with E-state index in [2.05, 4.69) is 4.90 Å². The van der Waals surface area contributed by atoms with Gasteiger partial charge in [-0.1, -0.05) is 24.3 Å². The topological polar surface area (TPSA) is 83.7 Å². The summed E-state index contributed by atoms with van der Waals surface area (Å²) < 4.78 is 22.3. The first-order valence-corrected chi connectivity index (χ1v) is 9.77. The van der Waals surface area contributed by atoms with E-state index in [0.717, 1.165) is 30.8 Å². The van der Waals surface area contributed by atoms with Gasteiger partial charge in [-0.05, 0) is 17.5 Å². The molecule has 0 radical (unpaired) electrons. The van der Waals surface area contributed by atoms with Gasteiger partial charge in [0.1, 0.15) is 5.88 Å². The lowest BCUT2D eigenvalue weighted by molar-refractivity contribution is -0.130. The number of nitrogens with zero attached hydrogens (tertiary/aromatic N) is 2. The molecule has 23 heavy (non-hydrogen) atoms. The Kier molecular flexibility index (Phi) is 6.41. The third-order valence-electron chi connectivity index (χ3n) is 4.01. The molecule has 1 aromatic rings. The van der Waals surface area contributed by atoms with Crippen LogP contribution in [-0.2, 0) is 27.8 Å². The van der Waals surface area contributed by atoms with E-state index in [1.807, 2.05) is 24.3 Å². The van der Waals surface area contributed by atoms with Crippen LogP contribution in [0.4, 0.5) is 0 Å². The molecule has 0 aliphatic carbocycles. The summed E-state index contributed by atoms with van der Waals surface area (Å²) in [5.74, 6) is -0.0573. The molecule has 128 valence electrons. The molecule has 8 heteroatoms. The quantitative estimate of drug-likeness (QED) is 0.745. The highest BCUT2D eigenvalue weighted by Crippen LogP contribution is 2.15. The molecule has 0 spiro atoms. The number of hydrogen-bond acceptors (Lipinski definition) is 4. The largest absolute Gasteiger partial charge is 0.339 e. The minimum absolute atomic E-state index is 0.0242. The Hall–Kier alpha value is -1.15. The standard InChI is InChI=1S/C15H22ClN3O3S/c16-11-15(20)19-8-6-18(7-9-19)12-14-4-2-1-3-13(14)5-10-23(17,21)22/h1-4H,5-12H2,(H2,17,21,22). The molecule has 2 rings (SSSR count). The molecular weight excluding hydrogens is 338 g/mol. The molecular formula is C15H22ClN3O3S. The van der Waals surface area contributed by atoms with Crippen LogP contribution < -0.4 is 5.14 Å². The number of carbonyl (C=O) groups excluding carboxylic acids is 1. The molecule has 0 aromatic heterocycles.